The second kappa shape index (κ2) is 11.9. The van der Waals surface area contributed by atoms with Crippen LogP contribution in [0.4, 0.5) is 0 Å². The van der Waals surface area contributed by atoms with E-state index < -0.39 is 0 Å². The summed E-state index contributed by atoms with van der Waals surface area (Å²) in [5.74, 6) is 0.287. The van der Waals surface area contributed by atoms with Crippen LogP contribution in [0, 0.1) is 0 Å². The number of hydrogen-bond donors (Lipinski definition) is 3. The molecule has 0 unspecified atom stereocenters. The van der Waals surface area contributed by atoms with Crippen molar-refractivity contribution in [3.8, 4) is 5.75 Å². The van der Waals surface area contributed by atoms with E-state index in [0.717, 1.165) is 18.5 Å². The fourth-order valence-corrected chi connectivity index (χ4v) is 1.93. The lowest BCUT2D eigenvalue weighted by Gasteiger charge is -2.10. The SMILES string of the molecule is CC[NH+](CC)CC.Oc1ccc(CCNC(=S)[S-])cc1. The van der Waals surface area contributed by atoms with Gasteiger partial charge in [0.2, 0.25) is 0 Å². The zero-order valence-corrected chi connectivity index (χ0v) is 14.2. The molecular formula is C15H26N2OS2. The molecule has 0 saturated carbocycles. The average Bonchev–Trinajstić information content (AvgIpc) is 2.43. The van der Waals surface area contributed by atoms with Crippen LogP contribution in [0.3, 0.4) is 0 Å². The fourth-order valence-electron chi connectivity index (χ4n) is 1.72. The number of benzene rings is 1. The first-order valence-corrected chi connectivity index (χ1v) is 7.91. The molecule has 0 aliphatic carbocycles. The van der Waals surface area contributed by atoms with Crippen molar-refractivity contribution in [2.24, 2.45) is 0 Å². The molecule has 20 heavy (non-hydrogen) atoms. The molecule has 0 aromatic heterocycles. The third-order valence-corrected chi connectivity index (χ3v) is 3.41. The Morgan fingerprint density at radius 3 is 2.00 bits per heavy atom. The van der Waals surface area contributed by atoms with Gasteiger partial charge >= 0.3 is 0 Å². The molecule has 0 aliphatic rings. The van der Waals surface area contributed by atoms with E-state index in [-0.39, 0.29) is 5.75 Å². The third kappa shape index (κ3) is 9.95. The summed E-state index contributed by atoms with van der Waals surface area (Å²) in [5.41, 5.74) is 1.15. The number of hydrogen-bond acceptors (Lipinski definition) is 3. The van der Waals surface area contributed by atoms with Crippen molar-refractivity contribution in [2.45, 2.75) is 27.2 Å². The van der Waals surface area contributed by atoms with Crippen molar-refractivity contribution in [3.63, 3.8) is 0 Å². The molecular weight excluding hydrogens is 288 g/mol. The molecule has 3 nitrogen and oxygen atoms in total. The summed E-state index contributed by atoms with van der Waals surface area (Å²) in [6, 6.07) is 7.09. The molecule has 0 saturated heterocycles. The molecule has 0 amide bonds. The van der Waals surface area contributed by atoms with Gasteiger partial charge in [0, 0.05) is 6.54 Å². The van der Waals surface area contributed by atoms with Gasteiger partial charge in [0.05, 0.1) is 19.6 Å². The van der Waals surface area contributed by atoms with Gasteiger partial charge in [0.25, 0.3) is 0 Å². The maximum absolute atomic E-state index is 9.02. The van der Waals surface area contributed by atoms with Gasteiger partial charge in [0.1, 0.15) is 5.75 Å². The molecule has 0 spiro atoms. The number of rotatable bonds is 6. The Bertz CT molecular complexity index is 359. The molecule has 1 rings (SSSR count). The molecule has 1 aromatic carbocycles. The smallest absolute Gasteiger partial charge is 0.115 e. The number of thiocarbonyl (C=S) groups is 1. The Morgan fingerprint density at radius 1 is 1.15 bits per heavy atom. The van der Waals surface area contributed by atoms with E-state index in [1.165, 1.54) is 19.6 Å². The van der Waals surface area contributed by atoms with Gasteiger partial charge in [-0.3, -0.25) is 0 Å². The highest BCUT2D eigenvalue weighted by molar-refractivity contribution is 8.00. The summed E-state index contributed by atoms with van der Waals surface area (Å²) >= 11 is 9.39. The Labute approximate surface area is 133 Å². The minimum atomic E-state index is 0.287. The molecule has 0 atom stereocenters. The average molecular weight is 315 g/mol. The summed E-state index contributed by atoms with van der Waals surface area (Å²) in [7, 11) is 0. The van der Waals surface area contributed by atoms with Crippen molar-refractivity contribution in [3.05, 3.63) is 29.8 Å². The first kappa shape index (κ1) is 19.1. The first-order chi connectivity index (χ1) is 9.53. The van der Waals surface area contributed by atoms with Crippen molar-refractivity contribution in [2.75, 3.05) is 26.2 Å². The number of phenolic OH excluding ortho intramolecular Hbond substituents is 1. The Hall–Kier alpha value is -0.910. The second-order valence-electron chi connectivity index (χ2n) is 4.44. The van der Waals surface area contributed by atoms with E-state index in [1.54, 1.807) is 17.0 Å². The summed E-state index contributed by atoms with van der Waals surface area (Å²) in [6.07, 6.45) is 0.858. The number of nitrogens with one attached hydrogen (secondary N) is 2. The summed E-state index contributed by atoms with van der Waals surface area (Å²) in [6.45, 7) is 11.2. The molecule has 0 heterocycles. The highest BCUT2D eigenvalue weighted by Crippen LogP contribution is 2.09. The molecule has 1 aromatic rings. The molecule has 0 aliphatic heterocycles. The van der Waals surface area contributed by atoms with Crippen LogP contribution in [-0.4, -0.2) is 35.6 Å². The van der Waals surface area contributed by atoms with Crippen LogP contribution < -0.4 is 10.2 Å². The highest BCUT2D eigenvalue weighted by Gasteiger charge is 1.93. The fraction of sp³-hybridized carbons (Fsp3) is 0.533. The Morgan fingerprint density at radius 2 is 1.65 bits per heavy atom. The summed E-state index contributed by atoms with van der Waals surface area (Å²) in [4.78, 5) is 1.68. The zero-order chi connectivity index (χ0) is 15.4. The largest absolute Gasteiger partial charge is 0.508 e. The van der Waals surface area contributed by atoms with E-state index >= 15 is 0 Å². The lowest BCUT2D eigenvalue weighted by atomic mass is 10.1. The maximum Gasteiger partial charge on any atom is 0.115 e. The topological polar surface area (TPSA) is 36.7 Å². The summed E-state index contributed by atoms with van der Waals surface area (Å²) < 4.78 is 0.402. The maximum atomic E-state index is 9.02. The van der Waals surface area contributed by atoms with Gasteiger partial charge in [-0.15, -0.1) is 0 Å². The monoisotopic (exact) mass is 314 g/mol. The molecule has 0 radical (unpaired) electrons. The Balaban J connectivity index is 0.000000441. The van der Waals surface area contributed by atoms with Crippen LogP contribution in [-0.2, 0) is 19.0 Å². The van der Waals surface area contributed by atoms with Crippen LogP contribution in [0.2, 0.25) is 0 Å². The van der Waals surface area contributed by atoms with Crippen LogP contribution in [0.25, 0.3) is 0 Å². The Kier molecular flexibility index (Phi) is 11.3. The lowest BCUT2D eigenvalue weighted by Crippen LogP contribution is -3.11. The number of quaternary nitrogens is 1. The lowest BCUT2D eigenvalue weighted by molar-refractivity contribution is -0.894. The standard InChI is InChI=1S/C9H11NOS2.C6H15N/c11-8-3-1-7(2-4-8)5-6-10-9(12)13;1-4-7(5-2)6-3/h1-4,11H,5-6H2,(H2,10,12,13);4-6H2,1-3H3. The molecule has 0 fully saturated rings. The van der Waals surface area contributed by atoms with Crippen LogP contribution in [0.1, 0.15) is 26.3 Å². The van der Waals surface area contributed by atoms with Crippen LogP contribution in [0.5, 0.6) is 5.75 Å². The number of phenols is 1. The van der Waals surface area contributed by atoms with Crippen molar-refractivity contribution in [1.82, 2.24) is 5.32 Å². The summed E-state index contributed by atoms with van der Waals surface area (Å²) in [5, 5.41) is 11.9. The van der Waals surface area contributed by atoms with Crippen molar-refractivity contribution in [1.29, 1.82) is 0 Å². The van der Waals surface area contributed by atoms with E-state index in [9.17, 15) is 0 Å². The van der Waals surface area contributed by atoms with Gasteiger partial charge in [-0.05, 0) is 44.9 Å². The first-order valence-electron chi connectivity index (χ1n) is 7.09. The van der Waals surface area contributed by atoms with Crippen molar-refractivity contribution < 1.29 is 10.0 Å². The molecule has 5 heteroatoms. The van der Waals surface area contributed by atoms with Gasteiger partial charge in [-0.1, -0.05) is 16.5 Å². The predicted octanol–water partition coefficient (Wildman–Crippen LogP) is 1.29. The van der Waals surface area contributed by atoms with E-state index in [1.807, 2.05) is 12.1 Å². The van der Waals surface area contributed by atoms with Gasteiger partial charge in [-0.2, -0.15) is 0 Å². The molecule has 0 bridgehead atoms. The van der Waals surface area contributed by atoms with Gasteiger partial charge < -0.3 is 40.2 Å². The van der Waals surface area contributed by atoms with Gasteiger partial charge in [-0.25, -0.2) is 0 Å². The van der Waals surface area contributed by atoms with Crippen molar-refractivity contribution >= 4 is 29.2 Å². The van der Waals surface area contributed by atoms with E-state index in [2.05, 4.69) is 26.1 Å². The zero-order valence-electron chi connectivity index (χ0n) is 12.6. The van der Waals surface area contributed by atoms with Crippen LogP contribution >= 0.6 is 12.2 Å². The number of aromatic hydroxyl groups is 1. The van der Waals surface area contributed by atoms with E-state index in [4.69, 9.17) is 30.0 Å². The third-order valence-electron chi connectivity index (χ3n) is 3.12. The van der Waals surface area contributed by atoms with E-state index in [0.29, 0.717) is 4.32 Å². The highest BCUT2D eigenvalue weighted by atomic mass is 32.1. The molecule has 3 N–H and O–H groups in total. The quantitative estimate of drug-likeness (QED) is 0.546. The minimum absolute atomic E-state index is 0.287. The van der Waals surface area contributed by atoms with Crippen LogP contribution in [0.15, 0.2) is 24.3 Å². The predicted molar refractivity (Wildman–Crippen MR) is 92.4 cm³/mol. The second-order valence-corrected chi connectivity index (χ2v) is 5.52. The molecule has 114 valence electrons. The van der Waals surface area contributed by atoms with Gasteiger partial charge in [0.15, 0.2) is 0 Å². The normalized spacial score (nSPS) is 9.80. The minimum Gasteiger partial charge on any atom is -0.508 e.